The van der Waals surface area contributed by atoms with Crippen LogP contribution in [0.1, 0.15) is 0 Å². The Morgan fingerprint density at radius 3 is 1.36 bits per heavy atom. The van der Waals surface area contributed by atoms with Gasteiger partial charge < -0.3 is 16.5 Å². The lowest BCUT2D eigenvalue weighted by Gasteiger charge is -2.32. The molecule has 0 radical (unpaired) electrons. The van der Waals surface area contributed by atoms with Crippen LogP contribution in [0.2, 0.25) is 13.1 Å². The monoisotopic (exact) mass is 364 g/mol. The van der Waals surface area contributed by atoms with Crippen LogP contribution in [0.4, 0.5) is 0 Å². The Kier molecular flexibility index (Phi) is 5.54. The highest BCUT2D eigenvalue weighted by atomic mass is 28.5. The minimum Gasteiger partial charge on any atom is -0.420 e. The maximum absolute atomic E-state index is 6.43. The first-order valence-corrected chi connectivity index (χ1v) is 14.7. The third-order valence-corrected chi connectivity index (χ3v) is 15.4. The predicted molar refractivity (Wildman–Crippen MR) is 96.8 cm³/mol. The van der Waals surface area contributed by atoms with Crippen LogP contribution in [0.25, 0.3) is 0 Å². The molecule has 2 aromatic rings. The van der Waals surface area contributed by atoms with Gasteiger partial charge in [0.05, 0.1) is 0 Å². The Labute approximate surface area is 138 Å². The van der Waals surface area contributed by atoms with Crippen LogP contribution >= 0.6 is 0 Å². The van der Waals surface area contributed by atoms with E-state index in [4.69, 9.17) is 16.5 Å². The second-order valence-corrected chi connectivity index (χ2v) is 14.5. The van der Waals surface area contributed by atoms with Gasteiger partial charge in [-0.05, 0) is 23.5 Å². The lowest BCUT2D eigenvalue weighted by molar-refractivity contribution is 0.302. The molecule has 4 unspecified atom stereocenters. The fraction of sp³-hybridized carbons (Fsp3) is 0.143. The van der Waals surface area contributed by atoms with Crippen molar-refractivity contribution < 1.29 is 16.5 Å². The molecule has 0 saturated carbocycles. The van der Waals surface area contributed by atoms with Crippen molar-refractivity contribution in [2.75, 3.05) is 0 Å². The fourth-order valence-electron chi connectivity index (χ4n) is 2.39. The number of rotatable bonds is 2. The SMILES string of the molecule is C[SiH]1O[SiH](C)O[SiH](c2ccccc2)O[SiH](c2ccccc2)O1. The molecule has 1 aliphatic heterocycles. The van der Waals surface area contributed by atoms with Crippen molar-refractivity contribution >= 4 is 47.5 Å². The van der Waals surface area contributed by atoms with Gasteiger partial charge >= 0.3 is 18.6 Å². The summed E-state index contributed by atoms with van der Waals surface area (Å²) in [5.41, 5.74) is 0. The topological polar surface area (TPSA) is 36.9 Å². The van der Waals surface area contributed by atoms with Crippen molar-refractivity contribution in [3.05, 3.63) is 60.7 Å². The van der Waals surface area contributed by atoms with Gasteiger partial charge in [-0.1, -0.05) is 60.7 Å². The first kappa shape index (κ1) is 16.0. The molecule has 1 saturated heterocycles. The van der Waals surface area contributed by atoms with Gasteiger partial charge in [-0.25, -0.2) is 0 Å². The minimum atomic E-state index is -1.98. The Hall–Kier alpha value is -0.852. The molecule has 0 bridgehead atoms. The van der Waals surface area contributed by atoms with E-state index in [0.29, 0.717) is 0 Å². The molecule has 0 N–H and O–H groups in total. The van der Waals surface area contributed by atoms with Crippen molar-refractivity contribution in [3.63, 3.8) is 0 Å². The molecule has 1 fully saturated rings. The van der Waals surface area contributed by atoms with E-state index < -0.39 is 37.1 Å². The zero-order valence-electron chi connectivity index (χ0n) is 12.7. The average molecular weight is 365 g/mol. The van der Waals surface area contributed by atoms with E-state index in [9.17, 15) is 0 Å². The quantitative estimate of drug-likeness (QED) is 0.704. The van der Waals surface area contributed by atoms with E-state index >= 15 is 0 Å². The second-order valence-electron chi connectivity index (χ2n) is 5.16. The largest absolute Gasteiger partial charge is 0.420 e. The normalized spacial score (nSPS) is 29.5. The number of hydrogen-bond donors (Lipinski definition) is 0. The Bertz CT molecular complexity index is 534. The Morgan fingerprint density at radius 1 is 0.545 bits per heavy atom. The standard InChI is InChI=1S/C14H20O4Si4/c1-19-15-20(2)17-22(14-11-7-4-8-12-14)18-21(16-19)13-9-5-3-6-10-13/h3-12,19-22H,1-2H3. The molecular weight excluding hydrogens is 344 g/mol. The van der Waals surface area contributed by atoms with E-state index in [1.165, 1.54) is 0 Å². The van der Waals surface area contributed by atoms with E-state index in [1.807, 2.05) is 36.4 Å². The van der Waals surface area contributed by atoms with Crippen molar-refractivity contribution in [3.8, 4) is 0 Å². The molecule has 116 valence electrons. The van der Waals surface area contributed by atoms with Crippen molar-refractivity contribution in [2.24, 2.45) is 0 Å². The minimum absolute atomic E-state index is 1.15. The lowest BCUT2D eigenvalue weighted by atomic mass is 10.4. The molecule has 4 nitrogen and oxygen atoms in total. The van der Waals surface area contributed by atoms with E-state index in [2.05, 4.69) is 37.4 Å². The Balaban J connectivity index is 1.86. The maximum atomic E-state index is 6.43. The maximum Gasteiger partial charge on any atom is 0.338 e. The van der Waals surface area contributed by atoms with Crippen molar-refractivity contribution in [2.45, 2.75) is 13.1 Å². The molecule has 3 rings (SSSR count). The highest BCUT2D eigenvalue weighted by Gasteiger charge is 2.33. The van der Waals surface area contributed by atoms with Gasteiger partial charge in [0.25, 0.3) is 18.6 Å². The molecule has 0 aromatic heterocycles. The summed E-state index contributed by atoms with van der Waals surface area (Å²) in [4.78, 5) is 0. The fourth-order valence-corrected chi connectivity index (χ4v) is 15.2. The van der Waals surface area contributed by atoms with Gasteiger partial charge in [0.2, 0.25) is 0 Å². The van der Waals surface area contributed by atoms with Crippen molar-refractivity contribution in [1.82, 2.24) is 0 Å². The average Bonchev–Trinajstić information content (AvgIpc) is 2.53. The Morgan fingerprint density at radius 2 is 0.955 bits per heavy atom. The lowest BCUT2D eigenvalue weighted by Crippen LogP contribution is -2.55. The molecule has 1 aliphatic rings. The highest BCUT2D eigenvalue weighted by molar-refractivity contribution is 6.82. The van der Waals surface area contributed by atoms with E-state index in [-0.39, 0.29) is 0 Å². The summed E-state index contributed by atoms with van der Waals surface area (Å²) in [5.74, 6) is 0. The zero-order chi connectivity index (χ0) is 15.4. The molecule has 8 heteroatoms. The van der Waals surface area contributed by atoms with Gasteiger partial charge in [0, 0.05) is 0 Å². The number of hydrogen-bond acceptors (Lipinski definition) is 4. The van der Waals surface area contributed by atoms with Crippen LogP contribution in [0.15, 0.2) is 60.7 Å². The second kappa shape index (κ2) is 7.61. The van der Waals surface area contributed by atoms with Gasteiger partial charge in [0.1, 0.15) is 0 Å². The first-order valence-electron chi connectivity index (χ1n) is 7.44. The molecule has 2 aromatic carbocycles. The third-order valence-electron chi connectivity index (χ3n) is 3.40. The number of benzene rings is 2. The molecular formula is C14H20O4Si4. The summed E-state index contributed by atoms with van der Waals surface area (Å²) < 4.78 is 24.9. The van der Waals surface area contributed by atoms with Gasteiger partial charge in [-0.15, -0.1) is 0 Å². The summed E-state index contributed by atoms with van der Waals surface area (Å²) in [5, 5.41) is 2.30. The summed E-state index contributed by atoms with van der Waals surface area (Å²) >= 11 is 0. The smallest absolute Gasteiger partial charge is 0.338 e. The molecule has 0 spiro atoms. The third kappa shape index (κ3) is 4.11. The van der Waals surface area contributed by atoms with E-state index in [0.717, 1.165) is 10.4 Å². The predicted octanol–water partition coefficient (Wildman–Crippen LogP) is 0.0224. The van der Waals surface area contributed by atoms with Crippen LogP contribution in [0.3, 0.4) is 0 Å². The zero-order valence-corrected chi connectivity index (χ0v) is 17.3. The van der Waals surface area contributed by atoms with Gasteiger partial charge in [-0.3, -0.25) is 0 Å². The molecule has 22 heavy (non-hydrogen) atoms. The van der Waals surface area contributed by atoms with Crippen LogP contribution in [0, 0.1) is 0 Å². The summed E-state index contributed by atoms with van der Waals surface area (Å²) in [7, 11) is -7.31. The first-order chi connectivity index (χ1) is 10.7. The summed E-state index contributed by atoms with van der Waals surface area (Å²) in [6.45, 7) is 4.12. The molecule has 0 amide bonds. The van der Waals surface area contributed by atoms with E-state index in [1.54, 1.807) is 0 Å². The van der Waals surface area contributed by atoms with Crippen LogP contribution in [-0.2, 0) is 16.5 Å². The van der Waals surface area contributed by atoms with Crippen LogP contribution in [-0.4, -0.2) is 37.1 Å². The molecule has 4 atom stereocenters. The van der Waals surface area contributed by atoms with Gasteiger partial charge in [-0.2, -0.15) is 0 Å². The molecule has 1 heterocycles. The van der Waals surface area contributed by atoms with Crippen LogP contribution < -0.4 is 10.4 Å². The van der Waals surface area contributed by atoms with Crippen molar-refractivity contribution in [1.29, 1.82) is 0 Å². The van der Waals surface area contributed by atoms with Gasteiger partial charge in [0.15, 0.2) is 0 Å². The summed E-state index contributed by atoms with van der Waals surface area (Å²) in [6.07, 6.45) is 0. The summed E-state index contributed by atoms with van der Waals surface area (Å²) in [6, 6.07) is 20.4. The highest BCUT2D eigenvalue weighted by Crippen LogP contribution is 2.08. The van der Waals surface area contributed by atoms with Crippen LogP contribution in [0.5, 0.6) is 0 Å². The molecule has 0 aliphatic carbocycles.